The van der Waals surface area contributed by atoms with Crippen LogP contribution in [0, 0.1) is 5.92 Å². The van der Waals surface area contributed by atoms with Crippen LogP contribution in [0.25, 0.3) is 0 Å². The summed E-state index contributed by atoms with van der Waals surface area (Å²) < 4.78 is 22.9. The Hall–Kier alpha value is -0.0900. The van der Waals surface area contributed by atoms with Crippen LogP contribution in [-0.2, 0) is 9.84 Å². The first-order valence-corrected chi connectivity index (χ1v) is 10.2. The van der Waals surface area contributed by atoms with E-state index in [4.69, 9.17) is 0 Å². The van der Waals surface area contributed by atoms with E-state index in [-0.39, 0.29) is 41.5 Å². The molecular formula is C15H31IN4O2S. The van der Waals surface area contributed by atoms with Gasteiger partial charge in [-0.2, -0.15) is 0 Å². The fraction of sp³-hybridized carbons (Fsp3) is 0.933. The fourth-order valence-electron chi connectivity index (χ4n) is 3.09. The summed E-state index contributed by atoms with van der Waals surface area (Å²) in [5.41, 5.74) is 0. The van der Waals surface area contributed by atoms with Gasteiger partial charge < -0.3 is 15.5 Å². The van der Waals surface area contributed by atoms with Gasteiger partial charge in [0.25, 0.3) is 0 Å². The third-order valence-electron chi connectivity index (χ3n) is 4.62. The molecule has 2 saturated heterocycles. The highest BCUT2D eigenvalue weighted by molar-refractivity contribution is 14.0. The lowest BCUT2D eigenvalue weighted by Gasteiger charge is -2.30. The molecule has 0 aromatic rings. The third kappa shape index (κ3) is 7.55. The number of hydrogen-bond donors (Lipinski definition) is 2. The predicted molar refractivity (Wildman–Crippen MR) is 106 cm³/mol. The number of likely N-dealkylation sites (tertiary alicyclic amines) is 1. The van der Waals surface area contributed by atoms with Crippen molar-refractivity contribution in [3.63, 3.8) is 0 Å². The molecule has 2 aliphatic rings. The maximum atomic E-state index is 11.5. The molecule has 0 spiro atoms. The summed E-state index contributed by atoms with van der Waals surface area (Å²) in [6.45, 7) is 6.75. The lowest BCUT2D eigenvalue weighted by Crippen LogP contribution is -2.44. The van der Waals surface area contributed by atoms with Crippen LogP contribution in [0.5, 0.6) is 0 Å². The molecule has 136 valence electrons. The molecular weight excluding hydrogens is 427 g/mol. The number of nitrogens with one attached hydrogen (secondary N) is 2. The molecule has 6 nitrogen and oxygen atoms in total. The maximum Gasteiger partial charge on any atom is 0.191 e. The number of halogens is 1. The number of sulfone groups is 1. The molecule has 0 saturated carbocycles. The Kier molecular flexibility index (Phi) is 9.13. The molecule has 1 unspecified atom stereocenters. The van der Waals surface area contributed by atoms with Crippen LogP contribution >= 0.6 is 24.0 Å². The molecule has 2 fully saturated rings. The molecule has 0 bridgehead atoms. The van der Waals surface area contributed by atoms with Gasteiger partial charge in [0.15, 0.2) is 15.8 Å². The summed E-state index contributed by atoms with van der Waals surface area (Å²) in [6, 6.07) is -0.000202. The minimum absolute atomic E-state index is 0. The average molecular weight is 458 g/mol. The zero-order valence-corrected chi connectivity index (χ0v) is 17.4. The van der Waals surface area contributed by atoms with E-state index >= 15 is 0 Å². The lowest BCUT2D eigenvalue weighted by atomic mass is 9.99. The van der Waals surface area contributed by atoms with E-state index in [0.29, 0.717) is 6.42 Å². The van der Waals surface area contributed by atoms with Gasteiger partial charge >= 0.3 is 0 Å². The second kappa shape index (κ2) is 10.0. The molecule has 0 aromatic heterocycles. The number of rotatable bonds is 5. The summed E-state index contributed by atoms with van der Waals surface area (Å²) in [7, 11) is -1.12. The minimum Gasteiger partial charge on any atom is -0.356 e. The van der Waals surface area contributed by atoms with Crippen LogP contribution in [0.4, 0.5) is 0 Å². The monoisotopic (exact) mass is 458 g/mol. The number of aliphatic imine (C=N–C) groups is 1. The van der Waals surface area contributed by atoms with Crippen molar-refractivity contribution in [2.75, 3.05) is 44.7 Å². The molecule has 0 amide bonds. The van der Waals surface area contributed by atoms with E-state index in [2.05, 4.69) is 27.4 Å². The molecule has 23 heavy (non-hydrogen) atoms. The fourth-order valence-corrected chi connectivity index (χ4v) is 4.77. The predicted octanol–water partition coefficient (Wildman–Crippen LogP) is 1.08. The second-order valence-electron chi connectivity index (χ2n) is 6.62. The zero-order chi connectivity index (χ0) is 16.0. The average Bonchev–Trinajstić information content (AvgIpc) is 2.83. The highest BCUT2D eigenvalue weighted by Gasteiger charge is 2.28. The van der Waals surface area contributed by atoms with Crippen LogP contribution < -0.4 is 10.6 Å². The SMILES string of the molecule is CN=C(NCCCN1CCC(C)CC1)NC1CCS(=O)(=O)C1.I. The first kappa shape index (κ1) is 21.0. The van der Waals surface area contributed by atoms with E-state index in [1.54, 1.807) is 7.05 Å². The van der Waals surface area contributed by atoms with Gasteiger partial charge in [-0.25, -0.2) is 8.42 Å². The molecule has 0 aromatic carbocycles. The number of guanidine groups is 1. The Morgan fingerprint density at radius 1 is 1.26 bits per heavy atom. The quantitative estimate of drug-likeness (QED) is 0.279. The van der Waals surface area contributed by atoms with Gasteiger partial charge in [0.05, 0.1) is 11.5 Å². The van der Waals surface area contributed by atoms with Gasteiger partial charge in [-0.1, -0.05) is 6.92 Å². The Balaban J connectivity index is 0.00000264. The van der Waals surface area contributed by atoms with Crippen molar-refractivity contribution >= 4 is 39.8 Å². The standard InChI is InChI=1S/C15H30N4O2S.HI/c1-13-4-9-19(10-5-13)8-3-7-17-15(16-2)18-14-6-11-22(20,21)12-14;/h13-14H,3-12H2,1-2H3,(H2,16,17,18);1H. The van der Waals surface area contributed by atoms with Crippen molar-refractivity contribution in [3.05, 3.63) is 0 Å². The van der Waals surface area contributed by atoms with Crippen LogP contribution in [0.2, 0.25) is 0 Å². The van der Waals surface area contributed by atoms with Crippen molar-refractivity contribution in [3.8, 4) is 0 Å². The van der Waals surface area contributed by atoms with Gasteiger partial charge in [0.1, 0.15) is 0 Å². The van der Waals surface area contributed by atoms with Gasteiger partial charge in [-0.05, 0) is 51.2 Å². The van der Waals surface area contributed by atoms with Gasteiger partial charge in [-0.3, -0.25) is 4.99 Å². The largest absolute Gasteiger partial charge is 0.356 e. The number of hydrogen-bond acceptors (Lipinski definition) is 4. The number of nitrogens with zero attached hydrogens (tertiary/aromatic N) is 2. The zero-order valence-electron chi connectivity index (χ0n) is 14.3. The molecule has 2 heterocycles. The smallest absolute Gasteiger partial charge is 0.191 e. The molecule has 2 N–H and O–H groups in total. The van der Waals surface area contributed by atoms with Crippen molar-refractivity contribution in [1.82, 2.24) is 15.5 Å². The van der Waals surface area contributed by atoms with E-state index < -0.39 is 9.84 Å². The van der Waals surface area contributed by atoms with Gasteiger partial charge in [0.2, 0.25) is 0 Å². The normalized spacial score (nSPS) is 25.8. The first-order valence-electron chi connectivity index (χ1n) is 8.38. The topological polar surface area (TPSA) is 73.8 Å². The van der Waals surface area contributed by atoms with E-state index in [1.165, 1.54) is 25.9 Å². The molecule has 1 atom stereocenters. The highest BCUT2D eigenvalue weighted by Crippen LogP contribution is 2.15. The lowest BCUT2D eigenvalue weighted by molar-refractivity contribution is 0.191. The van der Waals surface area contributed by atoms with Crippen LogP contribution in [0.3, 0.4) is 0 Å². The summed E-state index contributed by atoms with van der Waals surface area (Å²) >= 11 is 0. The molecule has 2 rings (SSSR count). The molecule has 2 aliphatic heterocycles. The van der Waals surface area contributed by atoms with Gasteiger partial charge in [0, 0.05) is 19.6 Å². The number of piperidine rings is 1. The summed E-state index contributed by atoms with van der Waals surface area (Å²) in [6.07, 6.45) is 4.38. The van der Waals surface area contributed by atoms with Crippen molar-refractivity contribution in [2.24, 2.45) is 10.9 Å². The van der Waals surface area contributed by atoms with E-state index in [1.807, 2.05) is 0 Å². The van der Waals surface area contributed by atoms with E-state index in [9.17, 15) is 8.42 Å². The summed E-state index contributed by atoms with van der Waals surface area (Å²) in [5, 5.41) is 6.50. The molecule has 0 aliphatic carbocycles. The summed E-state index contributed by atoms with van der Waals surface area (Å²) in [4.78, 5) is 6.71. The Bertz CT molecular complexity index is 476. The Labute approximate surface area is 157 Å². The van der Waals surface area contributed by atoms with Crippen LogP contribution in [0.1, 0.15) is 32.6 Å². The van der Waals surface area contributed by atoms with Crippen molar-refractivity contribution in [1.29, 1.82) is 0 Å². The van der Waals surface area contributed by atoms with Crippen LogP contribution in [0.15, 0.2) is 4.99 Å². The molecule has 8 heteroatoms. The highest BCUT2D eigenvalue weighted by atomic mass is 127. The van der Waals surface area contributed by atoms with Gasteiger partial charge in [-0.15, -0.1) is 24.0 Å². The Morgan fingerprint density at radius 3 is 2.52 bits per heavy atom. The van der Waals surface area contributed by atoms with E-state index in [0.717, 1.165) is 31.4 Å². The second-order valence-corrected chi connectivity index (χ2v) is 8.85. The van der Waals surface area contributed by atoms with Crippen molar-refractivity contribution < 1.29 is 8.42 Å². The summed E-state index contributed by atoms with van der Waals surface area (Å²) in [5.74, 6) is 2.10. The molecule has 0 radical (unpaired) electrons. The van der Waals surface area contributed by atoms with Crippen LogP contribution in [-0.4, -0.2) is 70.1 Å². The Morgan fingerprint density at radius 2 is 1.96 bits per heavy atom. The van der Waals surface area contributed by atoms with Crippen molar-refractivity contribution in [2.45, 2.75) is 38.6 Å². The minimum atomic E-state index is -2.85. The maximum absolute atomic E-state index is 11.5. The first-order chi connectivity index (χ1) is 10.5. The third-order valence-corrected chi connectivity index (χ3v) is 6.38.